The van der Waals surface area contributed by atoms with Crippen LogP contribution in [0.2, 0.25) is 0 Å². The maximum absolute atomic E-state index is 12.8. The summed E-state index contributed by atoms with van der Waals surface area (Å²) in [5, 5.41) is 14.2. The number of nitro groups is 1. The SMILES string of the molecule is CS(=O)(=O)N(CC(=O)NC12CC3CC(CC(C3)C1)C2)c1cccc([N+](=O)[O-])c1. The van der Waals surface area contributed by atoms with Gasteiger partial charge in [-0.3, -0.25) is 19.2 Å². The molecule has 0 radical (unpaired) electrons. The molecule has 0 unspecified atom stereocenters. The Balaban J connectivity index is 1.52. The number of amides is 1. The summed E-state index contributed by atoms with van der Waals surface area (Å²) in [6, 6.07) is 5.35. The van der Waals surface area contributed by atoms with Crippen LogP contribution in [0.1, 0.15) is 38.5 Å². The van der Waals surface area contributed by atoms with Crippen molar-refractivity contribution < 1.29 is 18.1 Å². The molecular weight excluding hydrogens is 382 g/mol. The van der Waals surface area contributed by atoms with Gasteiger partial charge in [0.05, 0.1) is 16.9 Å². The Labute approximate surface area is 164 Å². The van der Waals surface area contributed by atoms with Crippen molar-refractivity contribution in [3.8, 4) is 0 Å². The minimum absolute atomic E-state index is 0.123. The summed E-state index contributed by atoms with van der Waals surface area (Å²) in [7, 11) is -3.77. The minimum Gasteiger partial charge on any atom is -0.349 e. The number of sulfonamides is 1. The third-order valence-electron chi connectivity index (χ3n) is 6.46. The molecule has 0 aromatic heterocycles. The first-order valence-electron chi connectivity index (χ1n) is 9.67. The van der Waals surface area contributed by atoms with Crippen LogP contribution in [0.25, 0.3) is 0 Å². The molecule has 4 aliphatic rings. The zero-order valence-electron chi connectivity index (χ0n) is 15.8. The zero-order valence-corrected chi connectivity index (χ0v) is 16.7. The molecule has 0 saturated heterocycles. The summed E-state index contributed by atoms with van der Waals surface area (Å²) in [5.74, 6) is 1.64. The van der Waals surface area contributed by atoms with Gasteiger partial charge in [0.1, 0.15) is 6.54 Å². The summed E-state index contributed by atoms with van der Waals surface area (Å²) in [6.45, 7) is -0.373. The van der Waals surface area contributed by atoms with Crippen molar-refractivity contribution >= 4 is 27.3 Å². The van der Waals surface area contributed by atoms with Crippen molar-refractivity contribution in [2.75, 3.05) is 17.1 Å². The van der Waals surface area contributed by atoms with Gasteiger partial charge >= 0.3 is 0 Å². The molecule has 1 N–H and O–H groups in total. The molecule has 1 aromatic rings. The van der Waals surface area contributed by atoms with Gasteiger partial charge in [-0.15, -0.1) is 0 Å². The number of hydrogen-bond donors (Lipinski definition) is 1. The van der Waals surface area contributed by atoms with Gasteiger partial charge in [-0.25, -0.2) is 8.42 Å². The van der Waals surface area contributed by atoms with E-state index in [-0.39, 0.29) is 29.4 Å². The molecule has 0 aliphatic heterocycles. The fourth-order valence-electron chi connectivity index (χ4n) is 5.89. The van der Waals surface area contributed by atoms with E-state index in [1.165, 1.54) is 43.5 Å². The van der Waals surface area contributed by atoms with E-state index >= 15 is 0 Å². The van der Waals surface area contributed by atoms with E-state index in [2.05, 4.69) is 5.32 Å². The highest BCUT2D eigenvalue weighted by atomic mass is 32.2. The van der Waals surface area contributed by atoms with Crippen molar-refractivity contribution in [1.82, 2.24) is 5.32 Å². The number of hydrogen-bond acceptors (Lipinski definition) is 5. The number of non-ortho nitro benzene ring substituents is 1. The van der Waals surface area contributed by atoms with Gasteiger partial charge in [-0.1, -0.05) is 6.07 Å². The van der Waals surface area contributed by atoms with Crippen LogP contribution in [0, 0.1) is 27.9 Å². The molecule has 4 saturated carbocycles. The van der Waals surface area contributed by atoms with E-state index in [1.54, 1.807) is 0 Å². The maximum atomic E-state index is 12.8. The Morgan fingerprint density at radius 2 is 1.79 bits per heavy atom. The van der Waals surface area contributed by atoms with Gasteiger partial charge in [0.2, 0.25) is 15.9 Å². The molecule has 4 bridgehead atoms. The molecule has 0 atom stereocenters. The minimum atomic E-state index is -3.77. The standard InChI is InChI=1S/C19H25N3O5S/c1-28(26,27)21(16-3-2-4-17(8-16)22(24)25)12-18(23)20-19-9-13-5-14(10-19)7-15(6-13)11-19/h2-4,8,13-15H,5-7,9-12H2,1H3,(H,20,23). The number of anilines is 1. The molecule has 9 heteroatoms. The first-order chi connectivity index (χ1) is 13.1. The van der Waals surface area contributed by atoms with E-state index in [9.17, 15) is 23.3 Å². The number of rotatable bonds is 6. The first-order valence-corrected chi connectivity index (χ1v) is 11.5. The van der Waals surface area contributed by atoms with E-state index in [0.29, 0.717) is 17.8 Å². The number of carbonyl (C=O) groups excluding carboxylic acids is 1. The molecule has 1 aromatic carbocycles. The van der Waals surface area contributed by atoms with Crippen LogP contribution in [0.15, 0.2) is 24.3 Å². The Bertz CT molecular complexity index is 879. The molecule has 0 heterocycles. The lowest BCUT2D eigenvalue weighted by Crippen LogP contribution is -2.61. The maximum Gasteiger partial charge on any atom is 0.271 e. The number of benzene rings is 1. The number of nitro benzene ring substituents is 1. The average Bonchev–Trinajstić information content (AvgIpc) is 2.57. The lowest BCUT2D eigenvalue weighted by atomic mass is 9.53. The van der Waals surface area contributed by atoms with Crippen LogP contribution < -0.4 is 9.62 Å². The predicted octanol–water partition coefficient (Wildman–Crippen LogP) is 2.45. The molecule has 152 valence electrons. The number of nitrogens with zero attached hydrogens (tertiary/aromatic N) is 2. The second kappa shape index (κ2) is 6.72. The molecule has 5 rings (SSSR count). The third kappa shape index (κ3) is 3.72. The monoisotopic (exact) mass is 407 g/mol. The van der Waals surface area contributed by atoms with Crippen LogP contribution in [0.4, 0.5) is 11.4 Å². The van der Waals surface area contributed by atoms with Gasteiger partial charge in [0, 0.05) is 17.7 Å². The second-order valence-corrected chi connectivity index (χ2v) is 10.7. The quantitative estimate of drug-likeness (QED) is 0.575. The fraction of sp³-hybridized carbons (Fsp3) is 0.632. The van der Waals surface area contributed by atoms with Crippen molar-refractivity contribution in [3.05, 3.63) is 34.4 Å². The van der Waals surface area contributed by atoms with E-state index in [1.807, 2.05) is 0 Å². The Morgan fingerprint density at radius 1 is 1.21 bits per heavy atom. The molecule has 0 spiro atoms. The molecule has 8 nitrogen and oxygen atoms in total. The predicted molar refractivity (Wildman–Crippen MR) is 104 cm³/mol. The van der Waals surface area contributed by atoms with Crippen molar-refractivity contribution in [2.45, 2.75) is 44.1 Å². The highest BCUT2D eigenvalue weighted by Crippen LogP contribution is 2.55. The highest BCUT2D eigenvalue weighted by molar-refractivity contribution is 7.92. The molecule has 4 fully saturated rings. The van der Waals surface area contributed by atoms with Gasteiger partial charge in [0.25, 0.3) is 5.69 Å². The molecular formula is C19H25N3O5S. The van der Waals surface area contributed by atoms with Gasteiger partial charge in [-0.05, 0) is 62.3 Å². The fourth-order valence-corrected chi connectivity index (χ4v) is 6.74. The number of carbonyl (C=O) groups is 1. The second-order valence-electron chi connectivity index (χ2n) is 8.79. The van der Waals surface area contributed by atoms with Crippen molar-refractivity contribution in [2.24, 2.45) is 17.8 Å². The average molecular weight is 407 g/mol. The largest absolute Gasteiger partial charge is 0.349 e. The Kier molecular flexibility index (Phi) is 4.60. The van der Waals surface area contributed by atoms with Gasteiger partial charge in [0.15, 0.2) is 0 Å². The molecule has 1 amide bonds. The van der Waals surface area contributed by atoms with Crippen LogP contribution >= 0.6 is 0 Å². The van der Waals surface area contributed by atoms with Crippen LogP contribution in [-0.2, 0) is 14.8 Å². The molecule has 4 aliphatic carbocycles. The normalized spacial score (nSPS) is 30.8. The summed E-state index contributed by atoms with van der Waals surface area (Å²) in [4.78, 5) is 23.3. The van der Waals surface area contributed by atoms with Crippen molar-refractivity contribution in [1.29, 1.82) is 0 Å². The van der Waals surface area contributed by atoms with Gasteiger partial charge < -0.3 is 5.32 Å². The number of nitrogens with one attached hydrogen (secondary N) is 1. The van der Waals surface area contributed by atoms with E-state index in [4.69, 9.17) is 0 Å². The van der Waals surface area contributed by atoms with E-state index in [0.717, 1.165) is 29.8 Å². The first kappa shape index (κ1) is 19.2. The van der Waals surface area contributed by atoms with Crippen LogP contribution in [0.3, 0.4) is 0 Å². The van der Waals surface area contributed by atoms with Crippen molar-refractivity contribution in [3.63, 3.8) is 0 Å². The lowest BCUT2D eigenvalue weighted by molar-refractivity contribution is -0.384. The summed E-state index contributed by atoms with van der Waals surface area (Å²) in [6.07, 6.45) is 7.67. The summed E-state index contributed by atoms with van der Waals surface area (Å²) < 4.78 is 25.5. The Morgan fingerprint density at radius 3 is 2.29 bits per heavy atom. The topological polar surface area (TPSA) is 110 Å². The Hall–Kier alpha value is -2.16. The highest BCUT2D eigenvalue weighted by Gasteiger charge is 2.51. The van der Waals surface area contributed by atoms with Gasteiger partial charge in [-0.2, -0.15) is 0 Å². The smallest absolute Gasteiger partial charge is 0.271 e. The van der Waals surface area contributed by atoms with Crippen LogP contribution in [0.5, 0.6) is 0 Å². The zero-order chi connectivity index (χ0) is 20.1. The van der Waals surface area contributed by atoms with E-state index < -0.39 is 14.9 Å². The lowest BCUT2D eigenvalue weighted by Gasteiger charge is -2.57. The molecule has 28 heavy (non-hydrogen) atoms. The summed E-state index contributed by atoms with van der Waals surface area (Å²) >= 11 is 0. The third-order valence-corrected chi connectivity index (χ3v) is 7.60. The van der Waals surface area contributed by atoms with Crippen LogP contribution in [-0.4, -0.2) is 37.6 Å². The summed E-state index contributed by atoms with van der Waals surface area (Å²) in [5.41, 5.74) is -0.303.